The maximum atomic E-state index is 10.5. The van der Waals surface area contributed by atoms with E-state index in [-0.39, 0.29) is 0 Å². The molecule has 0 saturated carbocycles. The molecular weight excluding hydrogens is 196 g/mol. The molecule has 82 valence electrons. The van der Waals surface area contributed by atoms with Crippen molar-refractivity contribution in [3.8, 4) is 11.5 Å². The molecule has 3 N–H and O–H groups in total. The molecule has 0 aliphatic heterocycles. The first-order valence-electron chi connectivity index (χ1n) is 4.41. The number of urea groups is 1. The van der Waals surface area contributed by atoms with Gasteiger partial charge in [0.05, 0.1) is 14.2 Å². The van der Waals surface area contributed by atoms with E-state index in [2.05, 4.69) is 5.32 Å². The van der Waals surface area contributed by atoms with Gasteiger partial charge < -0.3 is 20.5 Å². The Morgan fingerprint density at radius 3 is 2.53 bits per heavy atom. The minimum absolute atomic E-state index is 0.371. The van der Waals surface area contributed by atoms with Gasteiger partial charge in [-0.15, -0.1) is 0 Å². The highest BCUT2D eigenvalue weighted by Gasteiger charge is 2.04. The Morgan fingerprint density at radius 1 is 1.33 bits per heavy atom. The second kappa shape index (κ2) is 5.09. The Bertz CT molecular complexity index is 353. The molecule has 0 aliphatic rings. The van der Waals surface area contributed by atoms with Crippen molar-refractivity contribution in [1.29, 1.82) is 0 Å². The molecule has 0 bridgehead atoms. The molecule has 0 fully saturated rings. The summed E-state index contributed by atoms with van der Waals surface area (Å²) in [6.07, 6.45) is 0. The van der Waals surface area contributed by atoms with Crippen LogP contribution >= 0.6 is 0 Å². The molecule has 1 aromatic carbocycles. The fourth-order valence-corrected chi connectivity index (χ4v) is 1.18. The molecule has 2 amide bonds. The number of benzene rings is 1. The summed E-state index contributed by atoms with van der Waals surface area (Å²) >= 11 is 0. The highest BCUT2D eigenvalue weighted by Crippen LogP contribution is 2.27. The number of primary amides is 1. The summed E-state index contributed by atoms with van der Waals surface area (Å²) in [5.41, 5.74) is 5.86. The van der Waals surface area contributed by atoms with Crippen LogP contribution in [0.4, 0.5) is 4.79 Å². The SMILES string of the molecule is COc1ccc(CNC(N)=O)cc1OC. The largest absolute Gasteiger partial charge is 0.493 e. The first-order valence-corrected chi connectivity index (χ1v) is 4.41. The number of nitrogens with two attached hydrogens (primary N) is 1. The molecule has 1 rings (SSSR count). The van der Waals surface area contributed by atoms with E-state index in [1.54, 1.807) is 26.4 Å². The second-order valence-electron chi connectivity index (χ2n) is 2.91. The molecule has 0 heterocycles. The van der Waals surface area contributed by atoms with Gasteiger partial charge >= 0.3 is 6.03 Å². The van der Waals surface area contributed by atoms with Crippen LogP contribution in [0.25, 0.3) is 0 Å². The van der Waals surface area contributed by atoms with Crippen molar-refractivity contribution >= 4 is 6.03 Å². The van der Waals surface area contributed by atoms with Crippen LogP contribution in [-0.2, 0) is 6.54 Å². The standard InChI is InChI=1S/C10H14N2O3/c1-14-8-4-3-7(5-9(8)15-2)6-12-10(11)13/h3-5H,6H2,1-2H3,(H3,11,12,13). The van der Waals surface area contributed by atoms with E-state index in [0.717, 1.165) is 5.56 Å². The van der Waals surface area contributed by atoms with Crippen molar-refractivity contribution in [1.82, 2.24) is 5.32 Å². The monoisotopic (exact) mass is 210 g/mol. The number of hydrogen-bond donors (Lipinski definition) is 2. The van der Waals surface area contributed by atoms with E-state index >= 15 is 0 Å². The number of rotatable bonds is 4. The summed E-state index contributed by atoms with van der Waals surface area (Å²) < 4.78 is 10.2. The van der Waals surface area contributed by atoms with Crippen LogP contribution in [0.5, 0.6) is 11.5 Å². The Hall–Kier alpha value is -1.91. The molecule has 15 heavy (non-hydrogen) atoms. The van der Waals surface area contributed by atoms with Gasteiger partial charge in [-0.25, -0.2) is 4.79 Å². The quantitative estimate of drug-likeness (QED) is 0.774. The summed E-state index contributed by atoms with van der Waals surface area (Å²) in [5, 5.41) is 2.49. The highest BCUT2D eigenvalue weighted by atomic mass is 16.5. The number of carbonyl (C=O) groups is 1. The molecule has 0 atom stereocenters. The normalized spacial score (nSPS) is 9.47. The number of hydrogen-bond acceptors (Lipinski definition) is 3. The van der Waals surface area contributed by atoms with Crippen molar-refractivity contribution in [3.05, 3.63) is 23.8 Å². The molecule has 1 aromatic rings. The van der Waals surface area contributed by atoms with E-state index in [1.807, 2.05) is 6.07 Å². The lowest BCUT2D eigenvalue weighted by molar-refractivity contribution is 0.248. The molecule has 0 saturated heterocycles. The van der Waals surface area contributed by atoms with Crippen LogP contribution in [0.15, 0.2) is 18.2 Å². The third kappa shape index (κ3) is 3.05. The number of nitrogens with one attached hydrogen (secondary N) is 1. The zero-order chi connectivity index (χ0) is 11.3. The summed E-state index contributed by atoms with van der Waals surface area (Å²) in [5.74, 6) is 1.28. The number of amides is 2. The summed E-state index contributed by atoms with van der Waals surface area (Å²) in [6, 6.07) is 4.84. The van der Waals surface area contributed by atoms with E-state index in [9.17, 15) is 4.79 Å². The van der Waals surface area contributed by atoms with Gasteiger partial charge in [0.15, 0.2) is 11.5 Å². The highest BCUT2D eigenvalue weighted by molar-refractivity contribution is 5.71. The third-order valence-electron chi connectivity index (χ3n) is 1.91. The first-order chi connectivity index (χ1) is 7.17. The van der Waals surface area contributed by atoms with E-state index in [1.165, 1.54) is 0 Å². The molecule has 0 radical (unpaired) electrons. The van der Waals surface area contributed by atoms with Crippen LogP contribution in [0, 0.1) is 0 Å². The number of methoxy groups -OCH3 is 2. The molecule has 0 aliphatic carbocycles. The van der Waals surface area contributed by atoms with Gasteiger partial charge in [0, 0.05) is 6.54 Å². The van der Waals surface area contributed by atoms with Crippen molar-refractivity contribution in [2.75, 3.05) is 14.2 Å². The minimum atomic E-state index is -0.551. The van der Waals surface area contributed by atoms with Gasteiger partial charge in [-0.3, -0.25) is 0 Å². The summed E-state index contributed by atoms with van der Waals surface area (Å²) in [6.45, 7) is 0.371. The average molecular weight is 210 g/mol. The topological polar surface area (TPSA) is 73.6 Å². The Morgan fingerprint density at radius 2 is 2.00 bits per heavy atom. The van der Waals surface area contributed by atoms with Crippen LogP contribution < -0.4 is 20.5 Å². The fourth-order valence-electron chi connectivity index (χ4n) is 1.18. The molecular formula is C10H14N2O3. The predicted octanol–water partition coefficient (Wildman–Crippen LogP) is 0.872. The summed E-state index contributed by atoms with van der Waals surface area (Å²) in [7, 11) is 3.13. The van der Waals surface area contributed by atoms with E-state index in [4.69, 9.17) is 15.2 Å². The fraction of sp³-hybridized carbons (Fsp3) is 0.300. The van der Waals surface area contributed by atoms with Crippen LogP contribution in [0.1, 0.15) is 5.56 Å². The van der Waals surface area contributed by atoms with Crippen molar-refractivity contribution in [3.63, 3.8) is 0 Å². The lowest BCUT2D eigenvalue weighted by atomic mass is 10.2. The van der Waals surface area contributed by atoms with Gasteiger partial charge in [-0.05, 0) is 17.7 Å². The third-order valence-corrected chi connectivity index (χ3v) is 1.91. The number of carbonyl (C=O) groups excluding carboxylic acids is 1. The predicted molar refractivity (Wildman–Crippen MR) is 56.0 cm³/mol. The molecule has 0 unspecified atom stereocenters. The molecule has 5 heteroatoms. The van der Waals surface area contributed by atoms with Gasteiger partial charge in [0.1, 0.15) is 0 Å². The van der Waals surface area contributed by atoms with Gasteiger partial charge in [-0.2, -0.15) is 0 Å². The Kier molecular flexibility index (Phi) is 3.79. The average Bonchev–Trinajstić information content (AvgIpc) is 2.25. The number of ether oxygens (including phenoxy) is 2. The zero-order valence-electron chi connectivity index (χ0n) is 8.74. The first kappa shape index (κ1) is 11.2. The van der Waals surface area contributed by atoms with E-state index in [0.29, 0.717) is 18.0 Å². The van der Waals surface area contributed by atoms with Crippen molar-refractivity contribution in [2.24, 2.45) is 5.73 Å². The van der Waals surface area contributed by atoms with Crippen LogP contribution in [0.3, 0.4) is 0 Å². The maximum absolute atomic E-state index is 10.5. The molecule has 0 aromatic heterocycles. The Balaban J connectivity index is 2.78. The van der Waals surface area contributed by atoms with Gasteiger partial charge in [-0.1, -0.05) is 6.07 Å². The Labute approximate surface area is 88.2 Å². The zero-order valence-corrected chi connectivity index (χ0v) is 8.74. The van der Waals surface area contributed by atoms with Crippen LogP contribution in [0.2, 0.25) is 0 Å². The second-order valence-corrected chi connectivity index (χ2v) is 2.91. The smallest absolute Gasteiger partial charge is 0.312 e. The van der Waals surface area contributed by atoms with Crippen molar-refractivity contribution in [2.45, 2.75) is 6.54 Å². The van der Waals surface area contributed by atoms with E-state index < -0.39 is 6.03 Å². The lowest BCUT2D eigenvalue weighted by Crippen LogP contribution is -2.28. The summed E-state index contributed by atoms with van der Waals surface area (Å²) in [4.78, 5) is 10.5. The lowest BCUT2D eigenvalue weighted by Gasteiger charge is -2.09. The van der Waals surface area contributed by atoms with Gasteiger partial charge in [0.25, 0.3) is 0 Å². The molecule has 0 spiro atoms. The van der Waals surface area contributed by atoms with Gasteiger partial charge in [0.2, 0.25) is 0 Å². The molecule has 5 nitrogen and oxygen atoms in total. The van der Waals surface area contributed by atoms with Crippen LogP contribution in [-0.4, -0.2) is 20.3 Å². The maximum Gasteiger partial charge on any atom is 0.312 e. The minimum Gasteiger partial charge on any atom is -0.493 e. The van der Waals surface area contributed by atoms with Crippen molar-refractivity contribution < 1.29 is 14.3 Å².